The number of nitro benzene ring substituents is 1. The minimum absolute atomic E-state index is 0.175. The Labute approximate surface area is 134 Å². The van der Waals surface area contributed by atoms with E-state index < -0.39 is 0 Å². The van der Waals surface area contributed by atoms with E-state index in [2.05, 4.69) is 9.80 Å². The lowest BCUT2D eigenvalue weighted by Gasteiger charge is -2.36. The highest BCUT2D eigenvalue weighted by molar-refractivity contribution is 5.46. The smallest absolute Gasteiger partial charge is 0.273 e. The van der Waals surface area contributed by atoms with Crippen LogP contribution in [0.25, 0.3) is 0 Å². The second kappa shape index (κ2) is 6.75. The van der Waals surface area contributed by atoms with E-state index in [0.29, 0.717) is 6.54 Å². The zero-order chi connectivity index (χ0) is 16.2. The molecular weight excluding hydrogens is 297 g/mol. The van der Waals surface area contributed by atoms with Crippen molar-refractivity contribution in [2.75, 3.05) is 31.1 Å². The van der Waals surface area contributed by atoms with E-state index in [9.17, 15) is 14.5 Å². The summed E-state index contributed by atoms with van der Waals surface area (Å²) in [5.41, 5.74) is 1.93. The molecule has 1 aliphatic rings. The van der Waals surface area contributed by atoms with Gasteiger partial charge in [-0.1, -0.05) is 18.2 Å². The van der Waals surface area contributed by atoms with Gasteiger partial charge in [0, 0.05) is 50.0 Å². The van der Waals surface area contributed by atoms with Gasteiger partial charge < -0.3 is 4.90 Å². The van der Waals surface area contributed by atoms with Gasteiger partial charge in [-0.3, -0.25) is 15.0 Å². The number of rotatable bonds is 4. The lowest BCUT2D eigenvalue weighted by Crippen LogP contribution is -2.46. The summed E-state index contributed by atoms with van der Waals surface area (Å²) >= 11 is 0. The molecule has 0 unspecified atom stereocenters. The van der Waals surface area contributed by atoms with Gasteiger partial charge in [-0.25, -0.2) is 4.39 Å². The molecule has 2 aromatic carbocycles. The maximum Gasteiger partial charge on any atom is 0.273 e. The Morgan fingerprint density at radius 3 is 2.30 bits per heavy atom. The van der Waals surface area contributed by atoms with Crippen molar-refractivity contribution in [1.82, 2.24) is 4.90 Å². The molecule has 0 aromatic heterocycles. The van der Waals surface area contributed by atoms with Crippen LogP contribution in [0.15, 0.2) is 48.5 Å². The van der Waals surface area contributed by atoms with Gasteiger partial charge in [0.05, 0.1) is 4.92 Å². The molecule has 120 valence electrons. The van der Waals surface area contributed by atoms with Crippen LogP contribution in [0.2, 0.25) is 0 Å². The number of para-hydroxylation sites is 1. The Hall–Kier alpha value is -2.47. The van der Waals surface area contributed by atoms with Crippen molar-refractivity contribution < 1.29 is 9.31 Å². The van der Waals surface area contributed by atoms with Gasteiger partial charge >= 0.3 is 0 Å². The summed E-state index contributed by atoms with van der Waals surface area (Å²) in [6.45, 7) is 3.87. The van der Waals surface area contributed by atoms with Gasteiger partial charge in [0.1, 0.15) is 5.82 Å². The Kier molecular flexibility index (Phi) is 4.52. The zero-order valence-corrected chi connectivity index (χ0v) is 12.7. The number of halogens is 1. The number of benzene rings is 2. The van der Waals surface area contributed by atoms with Gasteiger partial charge in [0.25, 0.3) is 5.69 Å². The standard InChI is InChI=1S/C17H18FN3O2/c18-15-5-7-16(8-6-15)20-11-9-19(10-12-20)13-14-3-1-2-4-17(14)21(22)23/h1-8H,9-13H2. The first-order valence-corrected chi connectivity index (χ1v) is 7.58. The fraction of sp³-hybridized carbons (Fsp3) is 0.294. The van der Waals surface area contributed by atoms with Crippen LogP contribution in [0, 0.1) is 15.9 Å². The summed E-state index contributed by atoms with van der Waals surface area (Å²) in [7, 11) is 0. The summed E-state index contributed by atoms with van der Waals surface area (Å²) in [5, 5.41) is 11.1. The van der Waals surface area contributed by atoms with E-state index in [-0.39, 0.29) is 16.4 Å². The van der Waals surface area contributed by atoms with E-state index in [1.165, 1.54) is 12.1 Å². The Bertz CT molecular complexity index is 682. The number of piperazine rings is 1. The minimum atomic E-state index is -0.329. The summed E-state index contributed by atoms with van der Waals surface area (Å²) in [4.78, 5) is 15.2. The van der Waals surface area contributed by atoms with Crippen LogP contribution in [-0.2, 0) is 6.54 Å². The quantitative estimate of drug-likeness (QED) is 0.643. The van der Waals surface area contributed by atoms with Crippen LogP contribution >= 0.6 is 0 Å². The van der Waals surface area contributed by atoms with Gasteiger partial charge in [-0.15, -0.1) is 0 Å². The molecule has 6 heteroatoms. The number of nitro groups is 1. The first kappa shape index (κ1) is 15.4. The van der Waals surface area contributed by atoms with Crippen molar-refractivity contribution >= 4 is 11.4 Å². The van der Waals surface area contributed by atoms with Crippen molar-refractivity contribution in [2.45, 2.75) is 6.54 Å². The number of hydrogen-bond acceptors (Lipinski definition) is 4. The highest BCUT2D eigenvalue weighted by Gasteiger charge is 2.20. The largest absolute Gasteiger partial charge is 0.369 e. The molecule has 1 heterocycles. The molecule has 1 fully saturated rings. The number of hydrogen-bond donors (Lipinski definition) is 0. The summed E-state index contributed by atoms with van der Waals surface area (Å²) in [5.74, 6) is -0.233. The second-order valence-corrected chi connectivity index (χ2v) is 5.63. The van der Waals surface area contributed by atoms with Crippen molar-refractivity contribution in [1.29, 1.82) is 0 Å². The first-order chi connectivity index (χ1) is 11.1. The average Bonchev–Trinajstić information content (AvgIpc) is 2.57. The van der Waals surface area contributed by atoms with Crippen molar-refractivity contribution in [3.8, 4) is 0 Å². The highest BCUT2D eigenvalue weighted by atomic mass is 19.1. The van der Waals surface area contributed by atoms with Crippen LogP contribution in [-0.4, -0.2) is 36.0 Å². The molecule has 0 bridgehead atoms. The minimum Gasteiger partial charge on any atom is -0.369 e. The van der Waals surface area contributed by atoms with Crippen LogP contribution in [0.4, 0.5) is 15.8 Å². The van der Waals surface area contributed by atoms with Gasteiger partial charge in [0.2, 0.25) is 0 Å². The summed E-state index contributed by atoms with van der Waals surface area (Å²) < 4.78 is 13.0. The SMILES string of the molecule is O=[N+]([O-])c1ccccc1CN1CCN(c2ccc(F)cc2)CC1. The molecule has 23 heavy (non-hydrogen) atoms. The number of anilines is 1. The Morgan fingerprint density at radius 2 is 1.65 bits per heavy atom. The predicted molar refractivity (Wildman–Crippen MR) is 87.0 cm³/mol. The lowest BCUT2D eigenvalue weighted by molar-refractivity contribution is -0.385. The van der Waals surface area contributed by atoms with Crippen molar-refractivity contribution in [3.63, 3.8) is 0 Å². The van der Waals surface area contributed by atoms with Crippen LogP contribution in [0.1, 0.15) is 5.56 Å². The molecule has 1 saturated heterocycles. The third-order valence-corrected chi connectivity index (χ3v) is 4.15. The first-order valence-electron chi connectivity index (χ1n) is 7.58. The Morgan fingerprint density at radius 1 is 1.00 bits per heavy atom. The molecule has 2 aromatic rings. The lowest BCUT2D eigenvalue weighted by atomic mass is 10.1. The average molecular weight is 315 g/mol. The molecule has 5 nitrogen and oxygen atoms in total. The molecule has 0 radical (unpaired) electrons. The second-order valence-electron chi connectivity index (χ2n) is 5.63. The van der Waals surface area contributed by atoms with Crippen molar-refractivity contribution in [2.24, 2.45) is 0 Å². The van der Waals surface area contributed by atoms with E-state index in [4.69, 9.17) is 0 Å². The molecule has 1 aliphatic heterocycles. The van der Waals surface area contributed by atoms with Gasteiger partial charge in [-0.05, 0) is 24.3 Å². The molecule has 0 saturated carbocycles. The molecule has 0 spiro atoms. The van der Waals surface area contributed by atoms with Gasteiger partial charge in [0.15, 0.2) is 0 Å². The normalized spacial score (nSPS) is 15.6. The zero-order valence-electron chi connectivity index (χ0n) is 12.7. The van der Waals surface area contributed by atoms with Gasteiger partial charge in [-0.2, -0.15) is 0 Å². The topological polar surface area (TPSA) is 49.6 Å². The fourth-order valence-corrected chi connectivity index (χ4v) is 2.88. The third kappa shape index (κ3) is 3.65. The molecular formula is C17H18FN3O2. The molecule has 3 rings (SSSR count). The maximum absolute atomic E-state index is 13.0. The monoisotopic (exact) mass is 315 g/mol. The molecule has 0 amide bonds. The van der Waals surface area contributed by atoms with Crippen molar-refractivity contribution in [3.05, 3.63) is 70.0 Å². The molecule has 0 atom stereocenters. The summed E-state index contributed by atoms with van der Waals surface area (Å²) in [6.07, 6.45) is 0. The van der Waals surface area contributed by atoms with E-state index in [1.54, 1.807) is 24.3 Å². The molecule has 0 aliphatic carbocycles. The van der Waals surface area contributed by atoms with E-state index in [0.717, 1.165) is 37.4 Å². The molecule has 0 N–H and O–H groups in total. The van der Waals surface area contributed by atoms with E-state index in [1.807, 2.05) is 12.1 Å². The van der Waals surface area contributed by atoms with Crippen LogP contribution < -0.4 is 4.90 Å². The van der Waals surface area contributed by atoms with E-state index >= 15 is 0 Å². The van der Waals surface area contributed by atoms with Crippen LogP contribution in [0.5, 0.6) is 0 Å². The third-order valence-electron chi connectivity index (χ3n) is 4.15. The predicted octanol–water partition coefficient (Wildman–Crippen LogP) is 3.06. The maximum atomic E-state index is 13.0. The highest BCUT2D eigenvalue weighted by Crippen LogP contribution is 2.22. The Balaban J connectivity index is 1.61. The number of nitrogens with zero attached hydrogens (tertiary/aromatic N) is 3. The van der Waals surface area contributed by atoms with Crippen LogP contribution in [0.3, 0.4) is 0 Å². The summed E-state index contributed by atoms with van der Waals surface area (Å²) in [6, 6.07) is 13.4. The fourth-order valence-electron chi connectivity index (χ4n) is 2.88.